The van der Waals surface area contributed by atoms with Gasteiger partial charge in [-0.25, -0.2) is 0 Å². The summed E-state index contributed by atoms with van der Waals surface area (Å²) < 4.78 is 38.6. The molecule has 5 aliphatic rings. The Bertz CT molecular complexity index is 1050. The monoisotopic (exact) mass is 509 g/mol. The quantitative estimate of drug-likeness (QED) is 0.471. The van der Waals surface area contributed by atoms with E-state index in [1.807, 2.05) is 25.2 Å². The third-order valence-electron chi connectivity index (χ3n) is 8.91. The van der Waals surface area contributed by atoms with Crippen LogP contribution in [0.15, 0.2) is 0 Å². The standard InChI is InChI=1S/C24H30F3N5O4/c1-22(2)14-10-32(20(35)16(11-3-4-11)30-21(36)24(25,26)27)17(15(14)22)19(34)29-13(9-28)7-12-8-23(5-6-23)31-18(12)33/h11-17H,3-8,10H2,1-2H3,(H,29,34)(H,30,36)(H,31,33). The molecule has 0 aromatic heterocycles. The third-order valence-corrected chi connectivity index (χ3v) is 8.91. The maximum Gasteiger partial charge on any atom is 0.471 e. The summed E-state index contributed by atoms with van der Waals surface area (Å²) in [6.45, 7) is 4.13. The van der Waals surface area contributed by atoms with Crippen LogP contribution in [0.4, 0.5) is 13.2 Å². The first-order chi connectivity index (χ1) is 16.8. The molecule has 36 heavy (non-hydrogen) atoms. The van der Waals surface area contributed by atoms with Crippen molar-refractivity contribution in [3.05, 3.63) is 0 Å². The van der Waals surface area contributed by atoms with E-state index in [-0.39, 0.29) is 47.6 Å². The highest BCUT2D eigenvalue weighted by atomic mass is 19.4. The van der Waals surface area contributed by atoms with Gasteiger partial charge in [-0.1, -0.05) is 13.8 Å². The minimum Gasteiger partial charge on any atom is -0.350 e. The van der Waals surface area contributed by atoms with Crippen LogP contribution >= 0.6 is 0 Å². The number of nitriles is 1. The average Bonchev–Trinajstić information content (AvgIpc) is 3.74. The fraction of sp³-hybridized carbons (Fsp3) is 0.792. The van der Waals surface area contributed by atoms with Crippen LogP contribution < -0.4 is 16.0 Å². The molecule has 0 radical (unpaired) electrons. The van der Waals surface area contributed by atoms with Crippen molar-refractivity contribution in [1.29, 1.82) is 5.26 Å². The number of amides is 4. The number of alkyl halides is 3. The van der Waals surface area contributed by atoms with Gasteiger partial charge in [-0.3, -0.25) is 19.2 Å². The summed E-state index contributed by atoms with van der Waals surface area (Å²) in [6.07, 6.45) is -1.51. The molecule has 6 atom stereocenters. The van der Waals surface area contributed by atoms with Crippen LogP contribution in [0.25, 0.3) is 0 Å². The van der Waals surface area contributed by atoms with Crippen LogP contribution in [0.5, 0.6) is 0 Å². The van der Waals surface area contributed by atoms with Gasteiger partial charge in [-0.15, -0.1) is 0 Å². The smallest absolute Gasteiger partial charge is 0.350 e. The van der Waals surface area contributed by atoms with Gasteiger partial charge in [0.2, 0.25) is 17.7 Å². The lowest BCUT2D eigenvalue weighted by Crippen LogP contribution is -2.58. The molecule has 5 fully saturated rings. The zero-order chi connectivity index (χ0) is 26.2. The zero-order valence-corrected chi connectivity index (χ0v) is 20.2. The summed E-state index contributed by atoms with van der Waals surface area (Å²) in [6, 6.07) is -1.20. The topological polar surface area (TPSA) is 131 Å². The van der Waals surface area contributed by atoms with Crippen LogP contribution in [-0.4, -0.2) is 64.9 Å². The maximum absolute atomic E-state index is 13.4. The van der Waals surface area contributed by atoms with Crippen molar-refractivity contribution in [2.75, 3.05) is 6.54 Å². The molecule has 0 aromatic carbocycles. The number of piperidine rings is 1. The molecule has 196 valence electrons. The Kier molecular flexibility index (Phi) is 5.58. The van der Waals surface area contributed by atoms with Gasteiger partial charge in [0.15, 0.2) is 0 Å². The minimum absolute atomic E-state index is 0.00811. The molecule has 0 aromatic rings. The predicted octanol–water partition coefficient (Wildman–Crippen LogP) is 0.994. The maximum atomic E-state index is 13.4. The van der Waals surface area contributed by atoms with Crippen molar-refractivity contribution in [1.82, 2.24) is 20.9 Å². The molecule has 2 aliphatic heterocycles. The highest BCUT2D eigenvalue weighted by molar-refractivity contribution is 5.95. The number of rotatable bonds is 7. The Morgan fingerprint density at radius 1 is 1.22 bits per heavy atom. The fourth-order valence-corrected chi connectivity index (χ4v) is 6.36. The highest BCUT2D eigenvalue weighted by Crippen LogP contribution is 2.65. The van der Waals surface area contributed by atoms with Crippen LogP contribution in [0.1, 0.15) is 52.4 Å². The van der Waals surface area contributed by atoms with Gasteiger partial charge in [0, 0.05) is 18.0 Å². The van der Waals surface area contributed by atoms with E-state index in [1.165, 1.54) is 4.90 Å². The summed E-state index contributed by atoms with van der Waals surface area (Å²) in [4.78, 5) is 52.0. The van der Waals surface area contributed by atoms with Crippen molar-refractivity contribution >= 4 is 23.6 Å². The van der Waals surface area contributed by atoms with Crippen LogP contribution in [-0.2, 0) is 19.2 Å². The summed E-state index contributed by atoms with van der Waals surface area (Å²) in [7, 11) is 0. The van der Waals surface area contributed by atoms with E-state index in [1.54, 1.807) is 0 Å². The number of likely N-dealkylation sites (tertiary alicyclic amines) is 1. The summed E-state index contributed by atoms with van der Waals surface area (Å²) >= 11 is 0. The number of nitrogens with zero attached hydrogens (tertiary/aromatic N) is 2. The summed E-state index contributed by atoms with van der Waals surface area (Å²) in [5.41, 5.74) is -0.403. The van der Waals surface area contributed by atoms with Crippen molar-refractivity contribution in [2.24, 2.45) is 29.1 Å². The highest BCUT2D eigenvalue weighted by Gasteiger charge is 2.70. The summed E-state index contributed by atoms with van der Waals surface area (Å²) in [5, 5.41) is 17.2. The number of hydrogen-bond donors (Lipinski definition) is 3. The Balaban J connectivity index is 1.29. The SMILES string of the molecule is CC1(C)C2CN(C(=O)C(NC(=O)C(F)(F)F)C3CC3)C(C(=O)NC(C#N)CC3CC4(CC4)NC3=O)C21. The summed E-state index contributed by atoms with van der Waals surface area (Å²) in [5.74, 6) is -4.56. The van der Waals surface area contributed by atoms with Crippen molar-refractivity contribution in [3.63, 3.8) is 0 Å². The van der Waals surface area contributed by atoms with Crippen molar-refractivity contribution in [3.8, 4) is 6.07 Å². The van der Waals surface area contributed by atoms with Gasteiger partial charge >= 0.3 is 12.1 Å². The van der Waals surface area contributed by atoms with Gasteiger partial charge in [-0.05, 0) is 61.7 Å². The number of halogens is 3. The van der Waals surface area contributed by atoms with E-state index in [0.717, 1.165) is 12.8 Å². The number of carbonyl (C=O) groups excluding carboxylic acids is 4. The van der Waals surface area contributed by atoms with Crippen LogP contribution in [0.3, 0.4) is 0 Å². The Morgan fingerprint density at radius 2 is 1.89 bits per heavy atom. The normalized spacial score (nSPS) is 32.7. The van der Waals surface area contributed by atoms with Gasteiger partial charge < -0.3 is 20.9 Å². The molecule has 2 heterocycles. The first-order valence-corrected chi connectivity index (χ1v) is 12.5. The molecule has 0 bridgehead atoms. The van der Waals surface area contributed by atoms with E-state index in [2.05, 4.69) is 10.6 Å². The first-order valence-electron chi connectivity index (χ1n) is 12.5. The molecule has 9 nitrogen and oxygen atoms in total. The van der Waals surface area contributed by atoms with Crippen LogP contribution in [0, 0.1) is 40.4 Å². The Hall–Kier alpha value is -2.84. The fourth-order valence-electron chi connectivity index (χ4n) is 6.36. The molecule has 5 rings (SSSR count). The van der Waals surface area contributed by atoms with Crippen molar-refractivity contribution < 1.29 is 32.3 Å². The largest absolute Gasteiger partial charge is 0.471 e. The molecule has 12 heteroatoms. The number of hydrogen-bond acceptors (Lipinski definition) is 5. The lowest BCUT2D eigenvalue weighted by Gasteiger charge is -2.33. The third kappa shape index (κ3) is 4.30. The minimum atomic E-state index is -5.12. The molecule has 2 saturated heterocycles. The molecule has 1 spiro atoms. The second-order valence-electron chi connectivity index (χ2n) is 11.8. The Labute approximate surface area is 206 Å². The van der Waals surface area contributed by atoms with E-state index in [0.29, 0.717) is 19.3 Å². The molecule has 3 saturated carbocycles. The number of fused-ring (bicyclic) bond motifs is 1. The zero-order valence-electron chi connectivity index (χ0n) is 20.2. The van der Waals surface area contributed by atoms with Gasteiger partial charge in [0.05, 0.1) is 6.07 Å². The lowest BCUT2D eigenvalue weighted by atomic mass is 9.95. The second kappa shape index (κ2) is 8.08. The first kappa shape index (κ1) is 24.8. The van der Waals surface area contributed by atoms with Crippen molar-refractivity contribution in [2.45, 2.75) is 82.2 Å². The Morgan fingerprint density at radius 3 is 2.42 bits per heavy atom. The molecular weight excluding hydrogens is 479 g/mol. The van der Waals surface area contributed by atoms with Gasteiger partial charge in [0.25, 0.3) is 0 Å². The lowest BCUT2D eigenvalue weighted by molar-refractivity contribution is -0.175. The average molecular weight is 510 g/mol. The number of nitrogens with one attached hydrogen (secondary N) is 3. The van der Waals surface area contributed by atoms with E-state index >= 15 is 0 Å². The molecule has 6 unspecified atom stereocenters. The van der Waals surface area contributed by atoms with Gasteiger partial charge in [-0.2, -0.15) is 18.4 Å². The molecule has 3 aliphatic carbocycles. The van der Waals surface area contributed by atoms with E-state index in [9.17, 15) is 37.6 Å². The second-order valence-corrected chi connectivity index (χ2v) is 11.8. The number of carbonyl (C=O) groups is 4. The molecule has 3 N–H and O–H groups in total. The van der Waals surface area contributed by atoms with E-state index in [4.69, 9.17) is 0 Å². The van der Waals surface area contributed by atoms with Crippen LogP contribution in [0.2, 0.25) is 0 Å². The van der Waals surface area contributed by atoms with E-state index < -0.39 is 47.9 Å². The predicted molar refractivity (Wildman–Crippen MR) is 117 cm³/mol. The van der Waals surface area contributed by atoms with Gasteiger partial charge in [0.1, 0.15) is 18.1 Å². The molecular formula is C24H30F3N5O4. The molecule has 4 amide bonds.